The molecule has 2 N–H and O–H groups in total. The predicted molar refractivity (Wildman–Crippen MR) is 84.0 cm³/mol. The molecule has 2 aromatic rings. The van der Waals surface area contributed by atoms with Gasteiger partial charge in [-0.1, -0.05) is 30.3 Å². The van der Waals surface area contributed by atoms with Gasteiger partial charge in [-0.15, -0.1) is 0 Å². The molecule has 1 amide bonds. The van der Waals surface area contributed by atoms with Crippen molar-refractivity contribution in [3.63, 3.8) is 0 Å². The molecular weight excluding hydrogens is 264 g/mol. The molecular formula is C16H22N4O. The van der Waals surface area contributed by atoms with Gasteiger partial charge < -0.3 is 10.6 Å². The van der Waals surface area contributed by atoms with Crippen LogP contribution in [0.5, 0.6) is 0 Å². The zero-order chi connectivity index (χ0) is 15.2. The molecule has 0 atom stereocenters. The highest BCUT2D eigenvalue weighted by Gasteiger charge is 2.17. The summed E-state index contributed by atoms with van der Waals surface area (Å²) in [5.74, 6) is -0.118. The van der Waals surface area contributed by atoms with Crippen molar-refractivity contribution in [2.75, 3.05) is 19.3 Å². The number of aryl methyl sites for hydroxylation is 2. The number of hydrogen-bond donors (Lipinski definition) is 1. The summed E-state index contributed by atoms with van der Waals surface area (Å²) in [5, 5.41) is 4.11. The summed E-state index contributed by atoms with van der Waals surface area (Å²) in [7, 11) is 3.55. The van der Waals surface area contributed by atoms with Crippen molar-refractivity contribution >= 4 is 11.6 Å². The van der Waals surface area contributed by atoms with Crippen LogP contribution < -0.4 is 5.73 Å². The number of benzene rings is 1. The Labute approximate surface area is 125 Å². The SMILES string of the molecule is CN(CCCCc1ccccc1)C(=O)c1nn(C)cc1N. The average Bonchev–Trinajstić information content (AvgIpc) is 2.82. The molecule has 0 radical (unpaired) electrons. The monoisotopic (exact) mass is 286 g/mol. The molecule has 0 saturated carbocycles. The fourth-order valence-corrected chi connectivity index (χ4v) is 2.28. The molecule has 0 spiro atoms. The molecule has 0 aliphatic carbocycles. The Bertz CT molecular complexity index is 592. The Kier molecular flexibility index (Phi) is 4.98. The first-order valence-corrected chi connectivity index (χ1v) is 7.16. The average molecular weight is 286 g/mol. The van der Waals surface area contributed by atoms with E-state index >= 15 is 0 Å². The smallest absolute Gasteiger partial charge is 0.276 e. The van der Waals surface area contributed by atoms with Crippen LogP contribution in [-0.4, -0.2) is 34.2 Å². The van der Waals surface area contributed by atoms with E-state index in [0.29, 0.717) is 17.9 Å². The molecule has 112 valence electrons. The maximum atomic E-state index is 12.2. The predicted octanol–water partition coefficient (Wildman–Crippen LogP) is 2.10. The van der Waals surface area contributed by atoms with E-state index in [1.54, 1.807) is 29.9 Å². The molecule has 5 nitrogen and oxygen atoms in total. The highest BCUT2D eigenvalue weighted by atomic mass is 16.2. The van der Waals surface area contributed by atoms with Gasteiger partial charge >= 0.3 is 0 Å². The van der Waals surface area contributed by atoms with Crippen LogP contribution in [0.15, 0.2) is 36.5 Å². The van der Waals surface area contributed by atoms with Crippen LogP contribution in [0.3, 0.4) is 0 Å². The molecule has 0 saturated heterocycles. The van der Waals surface area contributed by atoms with Crippen LogP contribution in [0.4, 0.5) is 5.69 Å². The minimum absolute atomic E-state index is 0.118. The van der Waals surface area contributed by atoms with E-state index in [2.05, 4.69) is 29.4 Å². The number of unbranched alkanes of at least 4 members (excludes halogenated alkanes) is 1. The lowest BCUT2D eigenvalue weighted by Gasteiger charge is -2.16. The first-order valence-electron chi connectivity index (χ1n) is 7.16. The molecule has 1 aromatic carbocycles. The van der Waals surface area contributed by atoms with Gasteiger partial charge in [0.2, 0.25) is 0 Å². The first kappa shape index (κ1) is 15.1. The lowest BCUT2D eigenvalue weighted by atomic mass is 10.1. The topological polar surface area (TPSA) is 64.2 Å². The van der Waals surface area contributed by atoms with Crippen LogP contribution in [0.2, 0.25) is 0 Å². The minimum Gasteiger partial charge on any atom is -0.396 e. The molecule has 5 heteroatoms. The van der Waals surface area contributed by atoms with Gasteiger partial charge in [-0.05, 0) is 24.8 Å². The van der Waals surface area contributed by atoms with E-state index in [-0.39, 0.29) is 5.91 Å². The molecule has 1 aromatic heterocycles. The van der Waals surface area contributed by atoms with E-state index in [0.717, 1.165) is 19.3 Å². The maximum absolute atomic E-state index is 12.2. The second-order valence-corrected chi connectivity index (χ2v) is 5.28. The number of carbonyl (C=O) groups excluding carboxylic acids is 1. The fourth-order valence-electron chi connectivity index (χ4n) is 2.28. The number of anilines is 1. The fraction of sp³-hybridized carbons (Fsp3) is 0.375. The van der Waals surface area contributed by atoms with Gasteiger partial charge in [-0.3, -0.25) is 9.48 Å². The normalized spacial score (nSPS) is 10.6. The maximum Gasteiger partial charge on any atom is 0.276 e. The van der Waals surface area contributed by atoms with Crippen molar-refractivity contribution in [2.24, 2.45) is 7.05 Å². The summed E-state index contributed by atoms with van der Waals surface area (Å²) >= 11 is 0. The van der Waals surface area contributed by atoms with Crippen LogP contribution in [0.25, 0.3) is 0 Å². The number of hydrogen-bond acceptors (Lipinski definition) is 3. The lowest BCUT2D eigenvalue weighted by Crippen LogP contribution is -2.28. The summed E-state index contributed by atoms with van der Waals surface area (Å²) in [6.45, 7) is 0.710. The van der Waals surface area contributed by atoms with Crippen molar-refractivity contribution in [3.05, 3.63) is 47.8 Å². The van der Waals surface area contributed by atoms with E-state index < -0.39 is 0 Å². The minimum atomic E-state index is -0.118. The van der Waals surface area contributed by atoms with Crippen molar-refractivity contribution in [1.82, 2.24) is 14.7 Å². The number of amides is 1. The van der Waals surface area contributed by atoms with Gasteiger partial charge in [0.25, 0.3) is 5.91 Å². The summed E-state index contributed by atoms with van der Waals surface area (Å²) in [5.41, 5.74) is 7.88. The second-order valence-electron chi connectivity index (χ2n) is 5.28. The molecule has 0 aliphatic heterocycles. The summed E-state index contributed by atoms with van der Waals surface area (Å²) < 4.78 is 1.56. The Morgan fingerprint density at radius 3 is 2.62 bits per heavy atom. The van der Waals surface area contributed by atoms with Gasteiger partial charge in [0.1, 0.15) is 0 Å². The number of nitrogen functional groups attached to an aromatic ring is 1. The van der Waals surface area contributed by atoms with Gasteiger partial charge in [0.15, 0.2) is 5.69 Å². The Hall–Kier alpha value is -2.30. The summed E-state index contributed by atoms with van der Waals surface area (Å²) in [6.07, 6.45) is 4.70. The Balaban J connectivity index is 1.78. The van der Waals surface area contributed by atoms with Crippen molar-refractivity contribution < 1.29 is 4.79 Å². The molecule has 0 fully saturated rings. The van der Waals surface area contributed by atoms with Crippen LogP contribution in [0.1, 0.15) is 28.9 Å². The Morgan fingerprint density at radius 1 is 1.29 bits per heavy atom. The van der Waals surface area contributed by atoms with Crippen LogP contribution >= 0.6 is 0 Å². The lowest BCUT2D eigenvalue weighted by molar-refractivity contribution is 0.0787. The molecule has 2 rings (SSSR count). The number of rotatable bonds is 6. The van der Waals surface area contributed by atoms with Gasteiger partial charge in [-0.25, -0.2) is 0 Å². The molecule has 0 unspecified atom stereocenters. The van der Waals surface area contributed by atoms with E-state index in [4.69, 9.17) is 5.73 Å². The molecule has 1 heterocycles. The van der Waals surface area contributed by atoms with Crippen LogP contribution in [0, 0.1) is 0 Å². The van der Waals surface area contributed by atoms with E-state index in [9.17, 15) is 4.79 Å². The zero-order valence-corrected chi connectivity index (χ0v) is 12.6. The third-order valence-electron chi connectivity index (χ3n) is 3.46. The van der Waals surface area contributed by atoms with Gasteiger partial charge in [0.05, 0.1) is 5.69 Å². The van der Waals surface area contributed by atoms with Crippen molar-refractivity contribution in [2.45, 2.75) is 19.3 Å². The quantitative estimate of drug-likeness (QED) is 0.827. The van der Waals surface area contributed by atoms with E-state index in [1.807, 2.05) is 6.07 Å². The number of carbonyl (C=O) groups is 1. The van der Waals surface area contributed by atoms with E-state index in [1.165, 1.54) is 5.56 Å². The highest BCUT2D eigenvalue weighted by Crippen LogP contribution is 2.11. The molecule has 21 heavy (non-hydrogen) atoms. The Morgan fingerprint density at radius 2 is 2.00 bits per heavy atom. The van der Waals surface area contributed by atoms with Crippen molar-refractivity contribution in [1.29, 1.82) is 0 Å². The first-order chi connectivity index (χ1) is 10.1. The third kappa shape index (κ3) is 4.08. The highest BCUT2D eigenvalue weighted by molar-refractivity contribution is 5.96. The number of nitrogens with two attached hydrogens (primary N) is 1. The number of aromatic nitrogens is 2. The van der Waals surface area contributed by atoms with Crippen LogP contribution in [-0.2, 0) is 13.5 Å². The van der Waals surface area contributed by atoms with Gasteiger partial charge in [0, 0.05) is 26.8 Å². The van der Waals surface area contributed by atoms with Crippen molar-refractivity contribution in [3.8, 4) is 0 Å². The molecule has 0 aliphatic rings. The number of nitrogens with zero attached hydrogens (tertiary/aromatic N) is 3. The zero-order valence-electron chi connectivity index (χ0n) is 12.6. The molecule has 0 bridgehead atoms. The largest absolute Gasteiger partial charge is 0.396 e. The van der Waals surface area contributed by atoms with Gasteiger partial charge in [-0.2, -0.15) is 5.10 Å². The third-order valence-corrected chi connectivity index (χ3v) is 3.46. The standard InChI is InChI=1S/C16H22N4O/c1-19(16(21)15-14(17)12-20(2)18-15)11-7-6-10-13-8-4-3-5-9-13/h3-5,8-9,12H,6-7,10-11,17H2,1-2H3. The second kappa shape index (κ2) is 6.92. The summed E-state index contributed by atoms with van der Waals surface area (Å²) in [6, 6.07) is 10.4. The summed E-state index contributed by atoms with van der Waals surface area (Å²) in [4.78, 5) is 13.9.